The molecule has 0 spiro atoms. The van der Waals surface area contributed by atoms with Crippen LogP contribution in [0.5, 0.6) is 0 Å². The van der Waals surface area contributed by atoms with E-state index >= 15 is 0 Å². The molecule has 0 unspecified atom stereocenters. The minimum atomic E-state index is -2.63. The zero-order valence-corrected chi connectivity index (χ0v) is 8.50. The summed E-state index contributed by atoms with van der Waals surface area (Å²) in [4.78, 5) is 2.88. The van der Waals surface area contributed by atoms with Gasteiger partial charge in [0.25, 0.3) is 0 Å². The van der Waals surface area contributed by atoms with Crippen molar-refractivity contribution in [2.24, 2.45) is 0 Å². The SMILES string of the molecule is O=[SH](=O)c1c[nH]c(-c2ccccc2F)c1. The van der Waals surface area contributed by atoms with Gasteiger partial charge in [0.05, 0.1) is 4.90 Å². The van der Waals surface area contributed by atoms with Crippen LogP contribution in [-0.4, -0.2) is 13.4 Å². The Bertz CT molecular complexity index is 552. The van der Waals surface area contributed by atoms with Crippen LogP contribution < -0.4 is 0 Å². The topological polar surface area (TPSA) is 49.9 Å². The second kappa shape index (κ2) is 3.86. The van der Waals surface area contributed by atoms with Gasteiger partial charge in [-0.25, -0.2) is 12.8 Å². The van der Waals surface area contributed by atoms with E-state index in [4.69, 9.17) is 0 Å². The summed E-state index contributed by atoms with van der Waals surface area (Å²) in [5, 5.41) is 0. The zero-order chi connectivity index (χ0) is 10.8. The molecule has 0 aliphatic heterocycles. The Morgan fingerprint density at radius 3 is 2.53 bits per heavy atom. The maximum atomic E-state index is 13.3. The van der Waals surface area contributed by atoms with Gasteiger partial charge in [0.2, 0.25) is 0 Å². The summed E-state index contributed by atoms with van der Waals surface area (Å²) in [6, 6.07) is 7.59. The highest BCUT2D eigenvalue weighted by atomic mass is 32.2. The van der Waals surface area contributed by atoms with Crippen LogP contribution in [0, 0.1) is 5.82 Å². The first-order valence-electron chi connectivity index (χ1n) is 4.26. The molecule has 0 saturated carbocycles. The predicted molar refractivity (Wildman–Crippen MR) is 54.8 cm³/mol. The standard InChI is InChI=1S/C10H8FNO2S/c11-9-4-2-1-3-8(9)10-5-7(6-12-10)15(13)14/h1-6,12,15H. The monoisotopic (exact) mass is 225 g/mol. The number of aromatic amines is 1. The normalized spacial score (nSPS) is 10.8. The lowest BCUT2D eigenvalue weighted by atomic mass is 10.1. The van der Waals surface area contributed by atoms with Gasteiger partial charge in [0, 0.05) is 17.5 Å². The van der Waals surface area contributed by atoms with Crippen LogP contribution in [0.1, 0.15) is 0 Å². The van der Waals surface area contributed by atoms with Gasteiger partial charge in [-0.2, -0.15) is 0 Å². The fraction of sp³-hybridized carbons (Fsp3) is 0. The predicted octanol–water partition coefficient (Wildman–Crippen LogP) is 1.79. The number of halogens is 1. The summed E-state index contributed by atoms with van der Waals surface area (Å²) >= 11 is 0. The average Bonchev–Trinajstić information content (AvgIpc) is 2.67. The Kier molecular flexibility index (Phi) is 2.55. The second-order valence-electron chi connectivity index (χ2n) is 3.01. The molecule has 0 amide bonds. The summed E-state index contributed by atoms with van der Waals surface area (Å²) in [5.74, 6) is -0.382. The Hall–Kier alpha value is -1.62. The quantitative estimate of drug-likeness (QED) is 0.765. The first-order chi connectivity index (χ1) is 7.18. The van der Waals surface area contributed by atoms with Crippen LogP contribution in [0.25, 0.3) is 11.3 Å². The number of hydrogen-bond acceptors (Lipinski definition) is 2. The number of hydrogen-bond donors (Lipinski definition) is 2. The van der Waals surface area contributed by atoms with Crippen molar-refractivity contribution in [2.75, 3.05) is 0 Å². The van der Waals surface area contributed by atoms with Crippen molar-refractivity contribution in [3.63, 3.8) is 0 Å². The molecule has 0 radical (unpaired) electrons. The molecule has 0 bridgehead atoms. The maximum Gasteiger partial charge on any atom is 0.169 e. The summed E-state index contributed by atoms with van der Waals surface area (Å²) in [5.41, 5.74) is 0.822. The molecule has 0 saturated heterocycles. The van der Waals surface area contributed by atoms with Gasteiger partial charge in [-0.3, -0.25) is 0 Å². The lowest BCUT2D eigenvalue weighted by molar-refractivity contribution is 0.614. The highest BCUT2D eigenvalue weighted by molar-refractivity contribution is 7.72. The summed E-state index contributed by atoms with van der Waals surface area (Å²) in [7, 11) is -2.63. The van der Waals surface area contributed by atoms with Crippen molar-refractivity contribution in [2.45, 2.75) is 4.90 Å². The molecule has 0 fully saturated rings. The van der Waals surface area contributed by atoms with Crippen LogP contribution in [0.3, 0.4) is 0 Å². The van der Waals surface area contributed by atoms with Crippen LogP contribution in [-0.2, 0) is 10.7 Å². The van der Waals surface area contributed by atoms with Crippen molar-refractivity contribution >= 4 is 10.7 Å². The Balaban J connectivity index is 2.51. The van der Waals surface area contributed by atoms with Crippen molar-refractivity contribution < 1.29 is 12.8 Å². The molecule has 5 heteroatoms. The lowest BCUT2D eigenvalue weighted by Gasteiger charge is -1.98. The second-order valence-corrected chi connectivity index (χ2v) is 4.04. The molecular weight excluding hydrogens is 217 g/mol. The molecule has 0 atom stereocenters. The van der Waals surface area contributed by atoms with Gasteiger partial charge in [0.1, 0.15) is 5.82 Å². The van der Waals surface area contributed by atoms with Gasteiger partial charge in [-0.05, 0) is 18.2 Å². The first-order valence-corrected chi connectivity index (χ1v) is 5.44. The van der Waals surface area contributed by atoms with Crippen LogP contribution in [0.15, 0.2) is 41.4 Å². The van der Waals surface area contributed by atoms with Gasteiger partial charge in [-0.1, -0.05) is 12.1 Å². The highest BCUT2D eigenvalue weighted by Crippen LogP contribution is 2.22. The number of H-pyrrole nitrogens is 1. The Morgan fingerprint density at radius 2 is 1.93 bits per heavy atom. The molecule has 2 aromatic rings. The molecule has 0 aliphatic carbocycles. The molecule has 2 rings (SSSR count). The van der Waals surface area contributed by atoms with E-state index in [-0.39, 0.29) is 10.7 Å². The fourth-order valence-corrected chi connectivity index (χ4v) is 1.73. The van der Waals surface area contributed by atoms with E-state index in [9.17, 15) is 12.8 Å². The molecule has 1 aromatic heterocycles. The molecule has 1 aromatic carbocycles. The molecule has 15 heavy (non-hydrogen) atoms. The molecule has 1 N–H and O–H groups in total. The summed E-state index contributed by atoms with van der Waals surface area (Å²) in [6.07, 6.45) is 1.34. The van der Waals surface area contributed by atoms with E-state index in [1.54, 1.807) is 18.2 Å². The third kappa shape index (κ3) is 1.92. The van der Waals surface area contributed by atoms with Gasteiger partial charge in [-0.15, -0.1) is 0 Å². The number of aromatic nitrogens is 1. The molecule has 3 nitrogen and oxygen atoms in total. The van der Waals surface area contributed by atoms with E-state index in [0.717, 1.165) is 0 Å². The van der Waals surface area contributed by atoms with E-state index < -0.39 is 10.7 Å². The Labute approximate surface area is 87.5 Å². The number of benzene rings is 1. The smallest absolute Gasteiger partial charge is 0.169 e. The highest BCUT2D eigenvalue weighted by Gasteiger charge is 2.07. The van der Waals surface area contributed by atoms with E-state index in [2.05, 4.69) is 4.98 Å². The number of nitrogens with one attached hydrogen (secondary N) is 1. The minimum absolute atomic E-state index is 0.156. The van der Waals surface area contributed by atoms with Crippen molar-refractivity contribution in [3.05, 3.63) is 42.3 Å². The molecule has 0 aliphatic rings. The average molecular weight is 225 g/mol. The van der Waals surface area contributed by atoms with E-state index in [1.165, 1.54) is 18.3 Å². The zero-order valence-electron chi connectivity index (χ0n) is 7.61. The first kappa shape index (κ1) is 9.92. The largest absolute Gasteiger partial charge is 0.360 e. The lowest BCUT2D eigenvalue weighted by Crippen LogP contribution is -1.82. The number of thiol groups is 1. The van der Waals surface area contributed by atoms with E-state index in [1.807, 2.05) is 0 Å². The minimum Gasteiger partial charge on any atom is -0.360 e. The third-order valence-electron chi connectivity index (χ3n) is 2.04. The van der Waals surface area contributed by atoms with E-state index in [0.29, 0.717) is 11.3 Å². The third-order valence-corrected chi connectivity index (χ3v) is 2.72. The van der Waals surface area contributed by atoms with Crippen LogP contribution in [0.2, 0.25) is 0 Å². The maximum absolute atomic E-state index is 13.3. The molecule has 78 valence electrons. The van der Waals surface area contributed by atoms with Gasteiger partial charge < -0.3 is 4.98 Å². The van der Waals surface area contributed by atoms with Crippen LogP contribution in [0.4, 0.5) is 4.39 Å². The van der Waals surface area contributed by atoms with Gasteiger partial charge in [0.15, 0.2) is 10.7 Å². The van der Waals surface area contributed by atoms with Crippen LogP contribution >= 0.6 is 0 Å². The fourth-order valence-electron chi connectivity index (χ4n) is 1.32. The number of rotatable bonds is 2. The molecule has 1 heterocycles. The summed E-state index contributed by atoms with van der Waals surface area (Å²) < 4.78 is 34.6. The van der Waals surface area contributed by atoms with Gasteiger partial charge >= 0.3 is 0 Å². The Morgan fingerprint density at radius 1 is 1.20 bits per heavy atom. The van der Waals surface area contributed by atoms with Crippen molar-refractivity contribution in [1.29, 1.82) is 0 Å². The van der Waals surface area contributed by atoms with Crippen molar-refractivity contribution in [3.8, 4) is 11.3 Å². The van der Waals surface area contributed by atoms with Crippen molar-refractivity contribution in [1.82, 2.24) is 4.98 Å². The molecular formula is C10H8FNO2S. The summed E-state index contributed by atoms with van der Waals surface area (Å²) in [6.45, 7) is 0.